The zero-order valence-corrected chi connectivity index (χ0v) is 9.74. The molecule has 0 aliphatic carbocycles. The summed E-state index contributed by atoms with van der Waals surface area (Å²) in [6.07, 6.45) is -1.82. The van der Waals surface area contributed by atoms with E-state index < -0.39 is 21.9 Å². The Morgan fingerprint density at radius 3 is 2.00 bits per heavy atom. The lowest BCUT2D eigenvalue weighted by molar-refractivity contribution is -0.745. The predicted molar refractivity (Wildman–Crippen MR) is 60.8 cm³/mol. The Hall–Kier alpha value is -1.50. The van der Waals surface area contributed by atoms with Crippen molar-refractivity contribution in [1.82, 2.24) is 0 Å². The molecule has 0 amide bonds. The van der Waals surface area contributed by atoms with Crippen molar-refractivity contribution in [1.29, 1.82) is 0 Å². The van der Waals surface area contributed by atoms with Gasteiger partial charge >= 0.3 is 6.17 Å². The second-order valence-corrected chi connectivity index (χ2v) is 3.80. The molecule has 16 heavy (non-hydrogen) atoms. The fourth-order valence-electron chi connectivity index (χ4n) is 1.41. The Kier molecular flexibility index (Phi) is 4.36. The molecule has 0 aromatic heterocycles. The quantitative estimate of drug-likeness (QED) is 0.359. The van der Waals surface area contributed by atoms with Crippen LogP contribution in [0.4, 0.5) is 0 Å². The Morgan fingerprint density at radius 1 is 1.12 bits per heavy atom. The molecule has 0 bridgehead atoms. The molecule has 6 nitrogen and oxygen atoms in total. The normalized spacial score (nSPS) is 12.4. The van der Waals surface area contributed by atoms with Crippen molar-refractivity contribution in [3.63, 3.8) is 0 Å². The Labute approximate surface area is 99.7 Å². The van der Waals surface area contributed by atoms with Gasteiger partial charge in [0.2, 0.25) is 0 Å². The molecule has 1 rings (SSSR count). The van der Waals surface area contributed by atoms with Gasteiger partial charge < -0.3 is 0 Å². The van der Waals surface area contributed by atoms with Crippen molar-refractivity contribution < 1.29 is 9.85 Å². The number of nitrogens with zero attached hydrogens (tertiary/aromatic N) is 2. The van der Waals surface area contributed by atoms with Crippen molar-refractivity contribution >= 4 is 15.9 Å². The van der Waals surface area contributed by atoms with Crippen molar-refractivity contribution in [3.8, 4) is 0 Å². The minimum Gasteiger partial charge on any atom is -0.259 e. The second kappa shape index (κ2) is 5.55. The number of nitro groups is 2. The molecular formula is C9H9BrN2O4. The molecule has 0 aliphatic heterocycles. The summed E-state index contributed by atoms with van der Waals surface area (Å²) in [6.45, 7) is 0. The van der Waals surface area contributed by atoms with E-state index in [1.165, 1.54) is 0 Å². The molecule has 7 heteroatoms. The molecule has 1 atom stereocenters. The first kappa shape index (κ1) is 12.6. The summed E-state index contributed by atoms with van der Waals surface area (Å²) in [4.78, 5) is 19.6. The smallest absolute Gasteiger partial charge is 0.259 e. The van der Waals surface area contributed by atoms with Crippen LogP contribution in [-0.4, -0.2) is 21.3 Å². The maximum absolute atomic E-state index is 10.7. The van der Waals surface area contributed by atoms with Gasteiger partial charge in [-0.2, -0.15) is 0 Å². The fourth-order valence-corrected chi connectivity index (χ4v) is 2.12. The van der Waals surface area contributed by atoms with Crippen LogP contribution in [-0.2, 0) is 0 Å². The molecule has 0 N–H and O–H groups in total. The van der Waals surface area contributed by atoms with Gasteiger partial charge in [-0.05, 0) is 5.56 Å². The molecule has 0 fully saturated rings. The van der Waals surface area contributed by atoms with E-state index in [4.69, 9.17) is 0 Å². The molecule has 1 unspecified atom stereocenters. The third-order valence-corrected chi connectivity index (χ3v) is 2.88. The zero-order chi connectivity index (χ0) is 12.1. The highest BCUT2D eigenvalue weighted by atomic mass is 79.9. The van der Waals surface area contributed by atoms with Crippen LogP contribution >= 0.6 is 15.9 Å². The van der Waals surface area contributed by atoms with Crippen LogP contribution in [0, 0.1) is 20.2 Å². The Morgan fingerprint density at radius 2 is 1.62 bits per heavy atom. The number of hydrogen-bond acceptors (Lipinski definition) is 4. The van der Waals surface area contributed by atoms with Crippen molar-refractivity contribution in [2.24, 2.45) is 0 Å². The Balaban J connectivity index is 3.05. The minimum absolute atomic E-state index is 0.170. The van der Waals surface area contributed by atoms with Crippen LogP contribution in [0.25, 0.3) is 0 Å². The summed E-state index contributed by atoms with van der Waals surface area (Å²) in [5.74, 6) is -0.772. The average molecular weight is 289 g/mol. The first-order valence-electron chi connectivity index (χ1n) is 4.45. The summed E-state index contributed by atoms with van der Waals surface area (Å²) in [5.41, 5.74) is 0.581. The van der Waals surface area contributed by atoms with E-state index in [-0.39, 0.29) is 5.33 Å². The molecule has 1 aromatic rings. The number of alkyl halides is 1. The summed E-state index contributed by atoms with van der Waals surface area (Å²) >= 11 is 3.08. The molecule has 86 valence electrons. The predicted octanol–water partition coefficient (Wildman–Crippen LogP) is 2.04. The molecule has 0 heterocycles. The standard InChI is InChI=1S/C9H9BrN2O4/c10-6-8(7-4-2-1-3-5-7)9(11(13)14)12(15)16/h1-5,8-9H,6H2. The summed E-state index contributed by atoms with van der Waals surface area (Å²) in [5, 5.41) is 21.5. The first-order valence-corrected chi connectivity index (χ1v) is 5.58. The fraction of sp³-hybridized carbons (Fsp3) is 0.333. The van der Waals surface area contributed by atoms with Crippen LogP contribution in [0.5, 0.6) is 0 Å². The van der Waals surface area contributed by atoms with Gasteiger partial charge in [-0.3, -0.25) is 20.2 Å². The monoisotopic (exact) mass is 288 g/mol. The van der Waals surface area contributed by atoms with Gasteiger partial charge in [0.1, 0.15) is 5.92 Å². The van der Waals surface area contributed by atoms with Gasteiger partial charge in [-0.1, -0.05) is 46.3 Å². The van der Waals surface area contributed by atoms with Gasteiger partial charge in [-0.25, -0.2) is 0 Å². The van der Waals surface area contributed by atoms with E-state index in [2.05, 4.69) is 15.9 Å². The zero-order valence-electron chi connectivity index (χ0n) is 8.15. The van der Waals surface area contributed by atoms with E-state index in [1.54, 1.807) is 30.3 Å². The molecule has 1 aromatic carbocycles. The van der Waals surface area contributed by atoms with Crippen LogP contribution in [0.1, 0.15) is 11.5 Å². The van der Waals surface area contributed by atoms with Gasteiger partial charge in [0, 0.05) is 5.33 Å². The van der Waals surface area contributed by atoms with E-state index >= 15 is 0 Å². The summed E-state index contributed by atoms with van der Waals surface area (Å²) in [6, 6.07) is 8.43. The average Bonchev–Trinajstić information content (AvgIpc) is 2.25. The number of rotatable bonds is 5. The van der Waals surface area contributed by atoms with Crippen molar-refractivity contribution in [2.75, 3.05) is 5.33 Å². The topological polar surface area (TPSA) is 86.3 Å². The van der Waals surface area contributed by atoms with E-state index in [1.807, 2.05) is 0 Å². The van der Waals surface area contributed by atoms with Gasteiger partial charge in [0.15, 0.2) is 0 Å². The number of benzene rings is 1. The molecule has 0 spiro atoms. The third kappa shape index (κ3) is 2.75. The minimum atomic E-state index is -1.82. The molecule has 0 saturated heterocycles. The van der Waals surface area contributed by atoms with E-state index in [0.29, 0.717) is 5.56 Å². The molecule has 0 saturated carbocycles. The van der Waals surface area contributed by atoms with E-state index in [9.17, 15) is 20.2 Å². The Bertz CT molecular complexity index is 370. The molecule has 0 radical (unpaired) electrons. The summed E-state index contributed by atoms with van der Waals surface area (Å²) < 4.78 is 0. The highest BCUT2D eigenvalue weighted by molar-refractivity contribution is 9.09. The third-order valence-electron chi connectivity index (χ3n) is 2.19. The summed E-state index contributed by atoms with van der Waals surface area (Å²) in [7, 11) is 0. The molecular weight excluding hydrogens is 280 g/mol. The maximum atomic E-state index is 10.7. The van der Waals surface area contributed by atoms with Gasteiger partial charge in [0.25, 0.3) is 0 Å². The number of halogens is 1. The highest BCUT2D eigenvalue weighted by Crippen LogP contribution is 2.24. The lowest BCUT2D eigenvalue weighted by Gasteiger charge is -2.12. The van der Waals surface area contributed by atoms with Gasteiger partial charge in [0.05, 0.1) is 9.85 Å². The lowest BCUT2D eigenvalue weighted by atomic mass is 9.99. The van der Waals surface area contributed by atoms with E-state index in [0.717, 1.165) is 0 Å². The lowest BCUT2D eigenvalue weighted by Crippen LogP contribution is -2.36. The van der Waals surface area contributed by atoms with Crippen molar-refractivity contribution in [3.05, 3.63) is 56.1 Å². The van der Waals surface area contributed by atoms with Gasteiger partial charge in [-0.15, -0.1) is 0 Å². The van der Waals surface area contributed by atoms with Crippen LogP contribution in [0.15, 0.2) is 30.3 Å². The SMILES string of the molecule is O=[N+]([O-])C(C(CBr)c1ccccc1)[N+](=O)[O-]. The number of hydrogen-bond donors (Lipinski definition) is 0. The van der Waals surface area contributed by atoms with Crippen LogP contribution in [0.3, 0.4) is 0 Å². The van der Waals surface area contributed by atoms with Crippen LogP contribution < -0.4 is 0 Å². The van der Waals surface area contributed by atoms with Crippen LogP contribution in [0.2, 0.25) is 0 Å². The first-order chi connectivity index (χ1) is 7.57. The maximum Gasteiger partial charge on any atom is 0.458 e. The largest absolute Gasteiger partial charge is 0.458 e. The highest BCUT2D eigenvalue weighted by Gasteiger charge is 2.42. The second-order valence-electron chi connectivity index (χ2n) is 3.16. The molecule has 0 aliphatic rings. The van der Waals surface area contributed by atoms with Crippen molar-refractivity contribution in [2.45, 2.75) is 12.1 Å².